The first-order valence-electron chi connectivity index (χ1n) is 10.2. The number of sulfonamides is 1. The van der Waals surface area contributed by atoms with Crippen LogP contribution in [0.25, 0.3) is 17.0 Å². The van der Waals surface area contributed by atoms with E-state index >= 15 is 0 Å². The Balaban J connectivity index is 1.50. The lowest BCUT2D eigenvalue weighted by Crippen LogP contribution is -2.43. The maximum Gasteiger partial charge on any atom is 0.326 e. The number of aromatic amines is 1. The van der Waals surface area contributed by atoms with Crippen LogP contribution >= 0.6 is 11.6 Å². The molecule has 0 fully saturated rings. The van der Waals surface area contributed by atoms with Crippen molar-refractivity contribution in [3.8, 4) is 0 Å². The van der Waals surface area contributed by atoms with E-state index in [1.807, 2.05) is 30.3 Å². The maximum absolute atomic E-state index is 12.8. The fourth-order valence-corrected chi connectivity index (χ4v) is 4.90. The second-order valence-electron chi connectivity index (χ2n) is 7.98. The molecule has 3 aromatic rings. The summed E-state index contributed by atoms with van der Waals surface area (Å²) in [4.78, 5) is 27.7. The summed E-state index contributed by atoms with van der Waals surface area (Å²) in [6.07, 6.45) is 4.42. The molecule has 8 nitrogen and oxygen atoms in total. The lowest BCUT2D eigenvalue weighted by Gasteiger charge is -2.17. The van der Waals surface area contributed by atoms with Crippen LogP contribution < -0.4 is 10.0 Å². The molecule has 172 valence electrons. The summed E-state index contributed by atoms with van der Waals surface area (Å²) >= 11 is 6.33. The highest BCUT2D eigenvalue weighted by atomic mass is 35.5. The zero-order chi connectivity index (χ0) is 23.8. The molecule has 0 spiro atoms. The third-order valence-electron chi connectivity index (χ3n) is 5.45. The zero-order valence-electron chi connectivity index (χ0n) is 17.6. The average Bonchev–Trinajstić information content (AvgIpc) is 3.32. The van der Waals surface area contributed by atoms with E-state index in [-0.39, 0.29) is 12.8 Å². The highest BCUT2D eigenvalue weighted by Gasteiger charge is 2.26. The standard InChI is InChI=1S/C23H22ClN3O5S/c1-33(31,32)27-20-9-7-15-16(20)6-8-18(24)17(15)12-22(28)26-21(23(29)30)11-14-10-13-4-2-3-5-19(13)25-14/h2-10,20-21,25,27H,11-12H2,1H3,(H,26,28)(H,29,30)/t20?,21-/m1/s1. The molecule has 2 atom stereocenters. The number of amides is 1. The fourth-order valence-electron chi connectivity index (χ4n) is 4.00. The van der Waals surface area contributed by atoms with Gasteiger partial charge >= 0.3 is 5.97 Å². The second-order valence-corrected chi connectivity index (χ2v) is 10.2. The van der Waals surface area contributed by atoms with Gasteiger partial charge in [-0.3, -0.25) is 4.79 Å². The Hall–Kier alpha value is -3.14. The molecule has 0 radical (unpaired) electrons. The van der Waals surface area contributed by atoms with Gasteiger partial charge in [0.2, 0.25) is 15.9 Å². The molecule has 0 saturated carbocycles. The van der Waals surface area contributed by atoms with Crippen molar-refractivity contribution >= 4 is 50.5 Å². The monoisotopic (exact) mass is 487 g/mol. The Labute approximate surface area is 195 Å². The van der Waals surface area contributed by atoms with Gasteiger partial charge in [-0.25, -0.2) is 17.9 Å². The second kappa shape index (κ2) is 9.01. The molecule has 10 heteroatoms. The van der Waals surface area contributed by atoms with Crippen LogP contribution in [0, 0.1) is 0 Å². The zero-order valence-corrected chi connectivity index (χ0v) is 19.2. The number of H-pyrrole nitrogens is 1. The number of nitrogens with one attached hydrogen (secondary N) is 3. The molecule has 0 saturated heterocycles. The Kier molecular flexibility index (Phi) is 6.29. The molecule has 1 aromatic heterocycles. The number of hydrogen-bond donors (Lipinski definition) is 4. The number of aliphatic carboxylic acids is 1. The third kappa shape index (κ3) is 5.27. The lowest BCUT2D eigenvalue weighted by molar-refractivity contribution is -0.141. The quantitative estimate of drug-likeness (QED) is 0.388. The Morgan fingerprint density at radius 2 is 1.97 bits per heavy atom. The third-order valence-corrected chi connectivity index (χ3v) is 6.48. The molecule has 4 rings (SSSR count). The number of fused-ring (bicyclic) bond motifs is 2. The van der Waals surface area contributed by atoms with Crippen LogP contribution in [0.1, 0.15) is 28.4 Å². The number of carboxylic acid groups (broad SMARTS) is 1. The summed E-state index contributed by atoms with van der Waals surface area (Å²) in [6.45, 7) is 0. The molecule has 0 aliphatic heterocycles. The molecule has 33 heavy (non-hydrogen) atoms. The van der Waals surface area contributed by atoms with Gasteiger partial charge in [0.05, 0.1) is 18.7 Å². The molecular formula is C23H22ClN3O5S. The van der Waals surface area contributed by atoms with E-state index in [0.29, 0.717) is 27.4 Å². The van der Waals surface area contributed by atoms with Gasteiger partial charge < -0.3 is 15.4 Å². The largest absolute Gasteiger partial charge is 0.480 e. The molecular weight excluding hydrogens is 466 g/mol. The predicted octanol–water partition coefficient (Wildman–Crippen LogP) is 2.79. The van der Waals surface area contributed by atoms with Gasteiger partial charge in [0.1, 0.15) is 6.04 Å². The first-order valence-corrected chi connectivity index (χ1v) is 12.4. The van der Waals surface area contributed by atoms with Crippen molar-refractivity contribution in [2.75, 3.05) is 6.26 Å². The van der Waals surface area contributed by atoms with Crippen molar-refractivity contribution in [2.45, 2.75) is 24.9 Å². The smallest absolute Gasteiger partial charge is 0.326 e. The van der Waals surface area contributed by atoms with Gasteiger partial charge in [-0.15, -0.1) is 0 Å². The maximum atomic E-state index is 12.8. The van der Waals surface area contributed by atoms with E-state index < -0.39 is 34.0 Å². The van der Waals surface area contributed by atoms with Crippen molar-refractivity contribution < 1.29 is 23.1 Å². The topological polar surface area (TPSA) is 128 Å². The SMILES string of the molecule is CS(=O)(=O)NC1C=Cc2c1ccc(Cl)c2CC(=O)N[C@H](Cc1cc2ccccc2[nH]1)C(=O)O. The Bertz CT molecular complexity index is 1350. The van der Waals surface area contributed by atoms with Crippen molar-refractivity contribution in [3.05, 3.63) is 75.9 Å². The predicted molar refractivity (Wildman–Crippen MR) is 126 cm³/mol. The summed E-state index contributed by atoms with van der Waals surface area (Å²) in [5, 5.41) is 13.5. The minimum atomic E-state index is -3.44. The minimum absolute atomic E-state index is 0.0939. The number of benzene rings is 2. The first kappa shape index (κ1) is 23.0. The molecule has 1 heterocycles. The molecule has 2 aromatic carbocycles. The number of para-hydroxylation sites is 1. The highest BCUT2D eigenvalue weighted by Crippen LogP contribution is 2.35. The number of carboxylic acids is 1. The highest BCUT2D eigenvalue weighted by molar-refractivity contribution is 7.88. The summed E-state index contributed by atoms with van der Waals surface area (Å²) in [6, 6.07) is 11.1. The number of halogens is 1. The van der Waals surface area contributed by atoms with E-state index in [0.717, 1.165) is 17.2 Å². The van der Waals surface area contributed by atoms with Crippen LogP contribution in [0.2, 0.25) is 5.02 Å². The fraction of sp³-hybridized carbons (Fsp3) is 0.217. The molecule has 4 N–H and O–H groups in total. The summed E-state index contributed by atoms with van der Waals surface area (Å²) in [7, 11) is -3.44. The summed E-state index contributed by atoms with van der Waals surface area (Å²) in [5.74, 6) is -1.65. The van der Waals surface area contributed by atoms with Crippen LogP contribution in [0.15, 0.2) is 48.5 Å². The van der Waals surface area contributed by atoms with E-state index in [2.05, 4.69) is 15.0 Å². The number of rotatable bonds is 8. The molecule has 0 bridgehead atoms. The van der Waals surface area contributed by atoms with Crippen LogP contribution in [0.5, 0.6) is 0 Å². The van der Waals surface area contributed by atoms with E-state index in [4.69, 9.17) is 11.6 Å². The molecule has 1 aliphatic carbocycles. The summed E-state index contributed by atoms with van der Waals surface area (Å²) < 4.78 is 25.8. The normalized spacial score (nSPS) is 16.0. The summed E-state index contributed by atoms with van der Waals surface area (Å²) in [5.41, 5.74) is 3.43. The number of carbonyl (C=O) groups excluding carboxylic acids is 1. The van der Waals surface area contributed by atoms with E-state index in [1.54, 1.807) is 24.3 Å². The van der Waals surface area contributed by atoms with E-state index in [1.165, 1.54) is 0 Å². The van der Waals surface area contributed by atoms with Crippen LogP contribution in [0.3, 0.4) is 0 Å². The average molecular weight is 488 g/mol. The number of aromatic nitrogens is 1. The number of hydrogen-bond acceptors (Lipinski definition) is 4. The molecule has 1 unspecified atom stereocenters. The number of carbonyl (C=O) groups is 2. The van der Waals surface area contributed by atoms with E-state index in [9.17, 15) is 23.1 Å². The van der Waals surface area contributed by atoms with Crippen LogP contribution in [-0.4, -0.2) is 42.7 Å². The van der Waals surface area contributed by atoms with Crippen molar-refractivity contribution in [2.24, 2.45) is 0 Å². The van der Waals surface area contributed by atoms with Gasteiger partial charge in [0.25, 0.3) is 0 Å². The van der Waals surface area contributed by atoms with Crippen molar-refractivity contribution in [1.82, 2.24) is 15.0 Å². The first-order chi connectivity index (χ1) is 15.6. The van der Waals surface area contributed by atoms with Crippen molar-refractivity contribution in [3.63, 3.8) is 0 Å². The van der Waals surface area contributed by atoms with Gasteiger partial charge in [0.15, 0.2) is 0 Å². The Morgan fingerprint density at radius 1 is 1.21 bits per heavy atom. The van der Waals surface area contributed by atoms with Crippen molar-refractivity contribution in [1.29, 1.82) is 0 Å². The minimum Gasteiger partial charge on any atom is -0.480 e. The lowest BCUT2D eigenvalue weighted by atomic mass is 9.99. The van der Waals surface area contributed by atoms with Crippen LogP contribution in [0.4, 0.5) is 0 Å². The van der Waals surface area contributed by atoms with Gasteiger partial charge in [-0.2, -0.15) is 0 Å². The van der Waals surface area contributed by atoms with Gasteiger partial charge in [-0.1, -0.05) is 48.0 Å². The van der Waals surface area contributed by atoms with Crippen LogP contribution in [-0.2, 0) is 32.5 Å². The Morgan fingerprint density at radius 3 is 2.67 bits per heavy atom. The van der Waals surface area contributed by atoms with Gasteiger partial charge in [0, 0.05) is 22.7 Å². The molecule has 1 aliphatic rings. The molecule has 1 amide bonds. The van der Waals surface area contributed by atoms with Gasteiger partial charge in [-0.05, 0) is 40.3 Å².